The third-order valence-corrected chi connectivity index (χ3v) is 6.57. The fourth-order valence-electron chi connectivity index (χ4n) is 4.61. The maximum atomic E-state index is 8.08. The molecule has 0 saturated heterocycles. The van der Waals surface area contributed by atoms with E-state index in [4.69, 9.17) is 15.4 Å². The van der Waals surface area contributed by atoms with Gasteiger partial charge in [0.25, 0.3) is 0 Å². The van der Waals surface area contributed by atoms with Gasteiger partial charge in [-0.05, 0) is 56.0 Å². The van der Waals surface area contributed by atoms with Crippen LogP contribution in [0.4, 0.5) is 11.4 Å². The van der Waals surface area contributed by atoms with E-state index in [1.165, 1.54) is 6.21 Å². The van der Waals surface area contributed by atoms with E-state index < -0.39 is 0 Å². The molecule has 0 spiro atoms. The van der Waals surface area contributed by atoms with E-state index in [-0.39, 0.29) is 0 Å². The molecule has 3 heterocycles. The van der Waals surface area contributed by atoms with Crippen molar-refractivity contribution >= 4 is 40.5 Å². The molecule has 35 heavy (non-hydrogen) atoms. The van der Waals surface area contributed by atoms with Crippen LogP contribution in [0.25, 0.3) is 17.0 Å². The lowest BCUT2D eigenvalue weighted by Gasteiger charge is -2.20. The van der Waals surface area contributed by atoms with Gasteiger partial charge >= 0.3 is 0 Å². The summed E-state index contributed by atoms with van der Waals surface area (Å²) >= 11 is 0. The second-order valence-electron chi connectivity index (χ2n) is 8.95. The van der Waals surface area contributed by atoms with Crippen LogP contribution in [0.5, 0.6) is 0 Å². The summed E-state index contributed by atoms with van der Waals surface area (Å²) in [4.78, 5) is 11.9. The Morgan fingerprint density at radius 2 is 1.94 bits per heavy atom. The van der Waals surface area contributed by atoms with Crippen molar-refractivity contribution in [3.8, 4) is 0 Å². The number of pyridine rings is 1. The molecule has 1 aromatic heterocycles. The van der Waals surface area contributed by atoms with Crippen LogP contribution in [0.3, 0.4) is 0 Å². The predicted molar refractivity (Wildman–Crippen MR) is 149 cm³/mol. The molecule has 2 aromatic rings. The Bertz CT molecular complexity index is 1220. The lowest BCUT2D eigenvalue weighted by atomic mass is 10.0. The Hall–Kier alpha value is -3.87. The topological polar surface area (TPSA) is 88.4 Å². The number of rotatable bonds is 4. The molecule has 1 aromatic carbocycles. The molecule has 0 aliphatic carbocycles. The summed E-state index contributed by atoms with van der Waals surface area (Å²) in [6.45, 7) is 11.2. The van der Waals surface area contributed by atoms with Crippen molar-refractivity contribution in [2.24, 2.45) is 4.99 Å². The fraction of sp³-hybridized carbons (Fsp3) is 0.321. The first-order valence-corrected chi connectivity index (χ1v) is 12.2. The smallest absolute Gasteiger partial charge is 0.208 e. The summed E-state index contributed by atoms with van der Waals surface area (Å²) in [5, 5.41) is 18.0. The molecule has 0 fully saturated rings. The molecular weight excluding hydrogens is 434 g/mol. The molecule has 0 unspecified atom stereocenters. The third-order valence-electron chi connectivity index (χ3n) is 6.57. The van der Waals surface area contributed by atoms with E-state index in [1.54, 1.807) is 0 Å². The highest BCUT2D eigenvalue weighted by molar-refractivity contribution is 6.16. The number of nitrogens with zero attached hydrogens (tertiary/aromatic N) is 3. The van der Waals surface area contributed by atoms with Gasteiger partial charge in [-0.25, -0.2) is 4.99 Å². The summed E-state index contributed by atoms with van der Waals surface area (Å²) in [5.41, 5.74) is 9.13. The molecule has 7 heteroatoms. The fourth-order valence-corrected chi connectivity index (χ4v) is 4.61. The Kier molecular flexibility index (Phi) is 7.34. The number of benzene rings is 1. The zero-order valence-electron chi connectivity index (χ0n) is 21.0. The minimum atomic E-state index is 0.655. The number of anilines is 2. The van der Waals surface area contributed by atoms with Gasteiger partial charge in [0.15, 0.2) is 0 Å². The molecule has 2 bridgehead atoms. The van der Waals surface area contributed by atoms with Crippen molar-refractivity contribution in [2.75, 3.05) is 30.9 Å². The van der Waals surface area contributed by atoms with Gasteiger partial charge in [-0.1, -0.05) is 32.1 Å². The van der Waals surface area contributed by atoms with Crippen LogP contribution in [-0.4, -0.2) is 37.8 Å². The first kappa shape index (κ1) is 24.3. The molecule has 4 N–H and O–H groups in total. The number of aromatic nitrogens is 1. The van der Waals surface area contributed by atoms with E-state index in [2.05, 4.69) is 52.2 Å². The number of allylic oxidation sites excluding steroid dienone is 2. The van der Waals surface area contributed by atoms with Gasteiger partial charge in [0.1, 0.15) is 0 Å². The summed E-state index contributed by atoms with van der Waals surface area (Å²) in [5.74, 6) is 0.779. The maximum absolute atomic E-state index is 8.08. The van der Waals surface area contributed by atoms with Gasteiger partial charge in [-0.3, -0.25) is 4.98 Å². The first-order chi connectivity index (χ1) is 16.9. The van der Waals surface area contributed by atoms with Crippen molar-refractivity contribution in [3.05, 3.63) is 71.7 Å². The Morgan fingerprint density at radius 3 is 2.69 bits per heavy atom. The van der Waals surface area contributed by atoms with Crippen LogP contribution in [0, 0.1) is 12.3 Å². The average molecular weight is 470 g/mol. The highest BCUT2D eigenvalue weighted by atomic mass is 15.4. The molecule has 2 aliphatic rings. The molecule has 2 aliphatic heterocycles. The van der Waals surface area contributed by atoms with Gasteiger partial charge in [0.2, 0.25) is 5.96 Å². The SMILES string of the molecule is C=C1/N=C2\Nc3ccc(C(=C)NC)cc3N2CCCCCC/C(NC)=C(/C=N)c2cc1cc(C)n2. The number of nitrogens with one attached hydrogen (secondary N) is 4. The number of hydrogen-bond donors (Lipinski definition) is 4. The zero-order valence-corrected chi connectivity index (χ0v) is 21.0. The normalized spacial score (nSPS) is 19.8. The van der Waals surface area contributed by atoms with Gasteiger partial charge in [0, 0.05) is 55.1 Å². The van der Waals surface area contributed by atoms with E-state index in [0.717, 1.165) is 95.5 Å². The van der Waals surface area contributed by atoms with E-state index in [0.29, 0.717) is 5.70 Å². The van der Waals surface area contributed by atoms with Gasteiger partial charge in [-0.2, -0.15) is 0 Å². The van der Waals surface area contributed by atoms with Crippen LogP contribution in [0.2, 0.25) is 0 Å². The van der Waals surface area contributed by atoms with E-state index in [1.807, 2.05) is 33.2 Å². The Morgan fingerprint density at radius 1 is 1.14 bits per heavy atom. The van der Waals surface area contributed by atoms with Gasteiger partial charge in [-0.15, -0.1) is 0 Å². The number of guanidine groups is 1. The minimum absolute atomic E-state index is 0.655. The monoisotopic (exact) mass is 469 g/mol. The van der Waals surface area contributed by atoms with Crippen molar-refractivity contribution in [3.63, 3.8) is 0 Å². The van der Waals surface area contributed by atoms with E-state index in [9.17, 15) is 0 Å². The van der Waals surface area contributed by atoms with Crippen molar-refractivity contribution < 1.29 is 0 Å². The lowest BCUT2D eigenvalue weighted by molar-refractivity contribution is 0.634. The van der Waals surface area contributed by atoms with Crippen molar-refractivity contribution in [2.45, 2.75) is 39.0 Å². The predicted octanol–water partition coefficient (Wildman–Crippen LogP) is 5.38. The van der Waals surface area contributed by atoms with E-state index >= 15 is 0 Å². The molecule has 0 radical (unpaired) electrons. The van der Waals surface area contributed by atoms with Gasteiger partial charge in [0.05, 0.1) is 22.8 Å². The number of aryl methyl sites for hydroxylation is 1. The Balaban J connectivity index is 1.78. The summed E-state index contributed by atoms with van der Waals surface area (Å²) < 4.78 is 0. The lowest BCUT2D eigenvalue weighted by Crippen LogP contribution is -2.31. The zero-order chi connectivity index (χ0) is 24.9. The number of aliphatic imine (C=N–C) groups is 1. The Labute approximate surface area is 208 Å². The number of hydrogen-bond acceptors (Lipinski definition) is 7. The summed E-state index contributed by atoms with van der Waals surface area (Å²) in [6.07, 6.45) is 6.63. The molecule has 7 nitrogen and oxygen atoms in total. The van der Waals surface area contributed by atoms with Crippen molar-refractivity contribution in [1.29, 1.82) is 5.41 Å². The third kappa shape index (κ3) is 5.14. The van der Waals surface area contributed by atoms with Crippen molar-refractivity contribution in [1.82, 2.24) is 15.6 Å². The molecule has 4 rings (SSSR count). The summed E-state index contributed by atoms with van der Waals surface area (Å²) in [6, 6.07) is 10.3. The van der Waals surface area contributed by atoms with Crippen LogP contribution >= 0.6 is 0 Å². The standard InChI is InChI=1S/C28H35N7/c1-18-14-22-15-26(32-18)23(17-29)24(31-5)10-8-6-7-9-13-35-27-16-21(19(2)30-4)11-12-25(27)34-28(35)33-20(22)3/h11-12,14-17,29-31H,2-3,6-10,13H2,1,4-5H3,(H,33,34)/b24-23+,29-17?. The summed E-state index contributed by atoms with van der Waals surface area (Å²) in [7, 11) is 3.81. The first-order valence-electron chi connectivity index (χ1n) is 12.2. The largest absolute Gasteiger partial charge is 0.391 e. The molecule has 0 amide bonds. The van der Waals surface area contributed by atoms with Crippen LogP contribution in [0.1, 0.15) is 54.6 Å². The van der Waals surface area contributed by atoms with Crippen LogP contribution < -0.4 is 20.9 Å². The average Bonchev–Trinajstić information content (AvgIpc) is 3.19. The minimum Gasteiger partial charge on any atom is -0.391 e. The highest BCUT2D eigenvalue weighted by Gasteiger charge is 2.26. The maximum Gasteiger partial charge on any atom is 0.208 e. The number of fused-ring (bicyclic) bond motifs is 5. The quantitative estimate of drug-likeness (QED) is 0.451. The van der Waals surface area contributed by atoms with Crippen LogP contribution in [-0.2, 0) is 0 Å². The molecule has 182 valence electrons. The second-order valence-corrected chi connectivity index (χ2v) is 8.95. The second kappa shape index (κ2) is 10.6. The van der Waals surface area contributed by atoms with Gasteiger partial charge < -0.3 is 26.3 Å². The van der Waals surface area contributed by atoms with Crippen LogP contribution in [0.15, 0.2) is 54.2 Å². The molecular formula is C28H35N7. The highest BCUT2D eigenvalue weighted by Crippen LogP contribution is 2.36. The molecule has 0 atom stereocenters. The molecule has 0 saturated carbocycles.